The Labute approximate surface area is 111 Å². The molecule has 0 unspecified atom stereocenters. The summed E-state index contributed by atoms with van der Waals surface area (Å²) in [6.07, 6.45) is 0. The average Bonchev–Trinajstić information content (AvgIpc) is 2.28. The molecule has 0 atom stereocenters. The van der Waals surface area contributed by atoms with Crippen LogP contribution in [0.2, 0.25) is 5.15 Å². The van der Waals surface area contributed by atoms with Gasteiger partial charge in [0.1, 0.15) is 11.0 Å². The molecule has 1 aromatic heterocycles. The smallest absolute Gasteiger partial charge is 0.130 e. The lowest BCUT2D eigenvalue weighted by Crippen LogP contribution is -2.29. The van der Waals surface area contributed by atoms with Crippen molar-refractivity contribution in [2.45, 2.75) is 19.4 Å². The summed E-state index contributed by atoms with van der Waals surface area (Å²) >= 11 is 6.00. The summed E-state index contributed by atoms with van der Waals surface area (Å²) in [6, 6.07) is 9.85. The monoisotopic (exact) mass is 264 g/mol. The quantitative estimate of drug-likeness (QED) is 0.840. The molecular weight excluding hydrogens is 251 g/mol. The maximum atomic E-state index is 12.9. The number of aromatic nitrogens is 1. The molecule has 0 aliphatic heterocycles. The molecule has 0 saturated heterocycles. The third kappa shape index (κ3) is 2.86. The van der Waals surface area contributed by atoms with Crippen LogP contribution in [0, 0.1) is 5.82 Å². The van der Waals surface area contributed by atoms with Crippen molar-refractivity contribution < 1.29 is 4.39 Å². The number of hydrogen-bond donors (Lipinski definition) is 1. The van der Waals surface area contributed by atoms with Crippen LogP contribution in [-0.2, 0) is 5.54 Å². The van der Waals surface area contributed by atoms with E-state index in [0.29, 0.717) is 10.8 Å². The minimum absolute atomic E-state index is 0.265. The van der Waals surface area contributed by atoms with E-state index in [1.807, 2.05) is 19.9 Å². The predicted molar refractivity (Wildman–Crippen MR) is 71.9 cm³/mol. The summed E-state index contributed by atoms with van der Waals surface area (Å²) < 4.78 is 12.9. The van der Waals surface area contributed by atoms with Crippen molar-refractivity contribution in [3.63, 3.8) is 0 Å². The summed E-state index contributed by atoms with van der Waals surface area (Å²) in [6.45, 7) is 3.72. The lowest BCUT2D eigenvalue weighted by Gasteiger charge is -2.19. The fourth-order valence-corrected chi connectivity index (χ4v) is 1.84. The number of hydrogen-bond acceptors (Lipinski definition) is 2. The van der Waals surface area contributed by atoms with Crippen molar-refractivity contribution in [1.82, 2.24) is 4.98 Å². The predicted octanol–water partition coefficient (Wildman–Crippen LogP) is 3.73. The van der Waals surface area contributed by atoms with Gasteiger partial charge in [-0.3, -0.25) is 0 Å². The molecule has 18 heavy (non-hydrogen) atoms. The van der Waals surface area contributed by atoms with Crippen molar-refractivity contribution in [3.8, 4) is 11.1 Å². The molecule has 2 N–H and O–H groups in total. The highest BCUT2D eigenvalue weighted by molar-refractivity contribution is 6.29. The van der Waals surface area contributed by atoms with Crippen LogP contribution >= 0.6 is 11.6 Å². The molecule has 0 spiro atoms. The number of halogens is 2. The Bertz CT molecular complexity index is 559. The van der Waals surface area contributed by atoms with E-state index < -0.39 is 5.54 Å². The lowest BCUT2D eigenvalue weighted by molar-refractivity contribution is 0.535. The summed E-state index contributed by atoms with van der Waals surface area (Å²) in [5.74, 6) is -0.265. The van der Waals surface area contributed by atoms with Crippen molar-refractivity contribution in [2.24, 2.45) is 5.73 Å². The molecule has 0 aliphatic carbocycles. The first-order valence-corrected chi connectivity index (χ1v) is 5.97. The second kappa shape index (κ2) is 4.67. The highest BCUT2D eigenvalue weighted by Crippen LogP contribution is 2.26. The minimum Gasteiger partial charge on any atom is -0.321 e. The molecule has 1 aromatic carbocycles. The molecule has 0 amide bonds. The number of rotatable bonds is 2. The highest BCUT2D eigenvalue weighted by atomic mass is 35.5. The second-order valence-electron chi connectivity index (χ2n) is 4.79. The highest BCUT2D eigenvalue weighted by Gasteiger charge is 2.17. The van der Waals surface area contributed by atoms with Gasteiger partial charge < -0.3 is 5.73 Å². The molecule has 2 nitrogen and oxygen atoms in total. The van der Waals surface area contributed by atoms with Gasteiger partial charge in [-0.15, -0.1) is 0 Å². The molecule has 0 fully saturated rings. The maximum Gasteiger partial charge on any atom is 0.130 e. The molecule has 2 aromatic rings. The van der Waals surface area contributed by atoms with E-state index in [-0.39, 0.29) is 5.82 Å². The van der Waals surface area contributed by atoms with Crippen molar-refractivity contribution in [2.75, 3.05) is 0 Å². The number of benzene rings is 1. The summed E-state index contributed by atoms with van der Waals surface area (Å²) in [4.78, 5) is 4.21. The zero-order valence-electron chi connectivity index (χ0n) is 10.2. The third-order valence-corrected chi connectivity index (χ3v) is 2.83. The van der Waals surface area contributed by atoms with Gasteiger partial charge >= 0.3 is 0 Å². The first kappa shape index (κ1) is 13.0. The molecule has 2 rings (SSSR count). The van der Waals surface area contributed by atoms with E-state index in [4.69, 9.17) is 17.3 Å². The van der Waals surface area contributed by atoms with E-state index in [1.54, 1.807) is 18.2 Å². The average molecular weight is 265 g/mol. The molecule has 0 saturated carbocycles. The first-order chi connectivity index (χ1) is 8.36. The summed E-state index contributed by atoms with van der Waals surface area (Å²) in [5.41, 5.74) is 7.91. The van der Waals surface area contributed by atoms with Crippen LogP contribution < -0.4 is 5.73 Å². The van der Waals surface area contributed by atoms with Gasteiger partial charge in [0, 0.05) is 0 Å². The van der Waals surface area contributed by atoms with E-state index in [0.717, 1.165) is 11.1 Å². The van der Waals surface area contributed by atoms with Crippen LogP contribution in [0.15, 0.2) is 36.4 Å². The fraction of sp³-hybridized carbons (Fsp3) is 0.214. The van der Waals surface area contributed by atoms with Gasteiger partial charge in [0.2, 0.25) is 0 Å². The van der Waals surface area contributed by atoms with Crippen LogP contribution in [0.4, 0.5) is 4.39 Å². The number of nitrogens with two attached hydrogens (primary N) is 1. The van der Waals surface area contributed by atoms with Crippen LogP contribution in [0.25, 0.3) is 11.1 Å². The molecule has 94 valence electrons. The van der Waals surface area contributed by atoms with Crippen molar-refractivity contribution >= 4 is 11.6 Å². The van der Waals surface area contributed by atoms with E-state index in [9.17, 15) is 4.39 Å². The normalized spacial score (nSPS) is 11.6. The van der Waals surface area contributed by atoms with Gasteiger partial charge in [0.05, 0.1) is 11.2 Å². The SMILES string of the molecule is CC(C)(N)c1cc(-c2ccc(F)cc2)cc(Cl)n1. The Morgan fingerprint density at radius 1 is 1.11 bits per heavy atom. The molecule has 0 radical (unpaired) electrons. The van der Waals surface area contributed by atoms with Gasteiger partial charge in [-0.05, 0) is 49.2 Å². The molecule has 1 heterocycles. The Balaban J connectivity index is 2.52. The second-order valence-corrected chi connectivity index (χ2v) is 5.18. The lowest BCUT2D eigenvalue weighted by atomic mass is 9.98. The Kier molecular flexibility index (Phi) is 3.37. The van der Waals surface area contributed by atoms with Gasteiger partial charge in [-0.2, -0.15) is 0 Å². The van der Waals surface area contributed by atoms with Crippen LogP contribution in [0.3, 0.4) is 0 Å². The van der Waals surface area contributed by atoms with E-state index >= 15 is 0 Å². The van der Waals surface area contributed by atoms with E-state index in [1.165, 1.54) is 12.1 Å². The first-order valence-electron chi connectivity index (χ1n) is 5.59. The Hall–Kier alpha value is -1.45. The van der Waals surface area contributed by atoms with Gasteiger partial charge in [0.15, 0.2) is 0 Å². The van der Waals surface area contributed by atoms with Crippen LogP contribution in [0.5, 0.6) is 0 Å². The van der Waals surface area contributed by atoms with Gasteiger partial charge in [-0.1, -0.05) is 23.7 Å². The standard InChI is InChI=1S/C14H14ClFN2/c1-14(2,17)12-7-10(8-13(15)18-12)9-3-5-11(16)6-4-9/h3-8H,17H2,1-2H3. The van der Waals surface area contributed by atoms with Crippen molar-refractivity contribution in [3.05, 3.63) is 53.1 Å². The summed E-state index contributed by atoms with van der Waals surface area (Å²) in [7, 11) is 0. The topological polar surface area (TPSA) is 38.9 Å². The maximum absolute atomic E-state index is 12.9. The van der Waals surface area contributed by atoms with Gasteiger partial charge in [0.25, 0.3) is 0 Å². The Morgan fingerprint density at radius 3 is 2.28 bits per heavy atom. The van der Waals surface area contributed by atoms with E-state index in [2.05, 4.69) is 4.98 Å². The molecule has 0 aliphatic rings. The zero-order chi connectivity index (χ0) is 13.3. The van der Waals surface area contributed by atoms with Crippen LogP contribution in [0.1, 0.15) is 19.5 Å². The Morgan fingerprint density at radius 2 is 1.72 bits per heavy atom. The van der Waals surface area contributed by atoms with Crippen LogP contribution in [-0.4, -0.2) is 4.98 Å². The zero-order valence-corrected chi connectivity index (χ0v) is 11.0. The summed E-state index contributed by atoms with van der Waals surface area (Å²) in [5, 5.41) is 0.380. The largest absolute Gasteiger partial charge is 0.321 e. The van der Waals surface area contributed by atoms with Crippen molar-refractivity contribution in [1.29, 1.82) is 0 Å². The fourth-order valence-electron chi connectivity index (χ4n) is 1.64. The molecule has 4 heteroatoms. The molecule has 0 bridgehead atoms. The van der Waals surface area contributed by atoms with Gasteiger partial charge in [-0.25, -0.2) is 9.37 Å². The number of pyridine rings is 1. The minimum atomic E-state index is -0.570. The third-order valence-electron chi connectivity index (χ3n) is 2.63. The number of nitrogens with zero attached hydrogens (tertiary/aromatic N) is 1. The molecular formula is C14H14ClFN2.